The van der Waals surface area contributed by atoms with Crippen molar-refractivity contribution in [2.24, 2.45) is 0 Å². The smallest absolute Gasteiger partial charge is 0.00963 e. The first-order chi connectivity index (χ1) is 7.27. The summed E-state index contributed by atoms with van der Waals surface area (Å²) < 4.78 is 0. The Morgan fingerprint density at radius 1 is 1.27 bits per heavy atom. The Balaban J connectivity index is 1.95. The van der Waals surface area contributed by atoms with Crippen LogP contribution < -0.4 is 5.32 Å². The van der Waals surface area contributed by atoms with Crippen LogP contribution >= 0.6 is 0 Å². The SMILES string of the molecule is CCNC(C)CCCCN(CC)C1CC1. The van der Waals surface area contributed by atoms with Gasteiger partial charge in [-0.15, -0.1) is 0 Å². The number of hydrogen-bond donors (Lipinski definition) is 1. The Morgan fingerprint density at radius 2 is 2.00 bits per heavy atom. The normalized spacial score (nSPS) is 18.4. The molecule has 1 unspecified atom stereocenters. The molecular formula is C13H28N2. The molecule has 1 aliphatic rings. The molecule has 2 nitrogen and oxygen atoms in total. The van der Waals surface area contributed by atoms with E-state index in [9.17, 15) is 0 Å². The van der Waals surface area contributed by atoms with Crippen molar-refractivity contribution in [1.82, 2.24) is 10.2 Å². The fourth-order valence-electron chi connectivity index (χ4n) is 2.25. The van der Waals surface area contributed by atoms with Gasteiger partial charge in [-0.1, -0.05) is 20.3 Å². The molecule has 0 aromatic rings. The van der Waals surface area contributed by atoms with Gasteiger partial charge in [0.15, 0.2) is 0 Å². The molecule has 0 radical (unpaired) electrons. The van der Waals surface area contributed by atoms with Gasteiger partial charge in [0.2, 0.25) is 0 Å². The molecule has 0 aromatic carbocycles. The molecule has 0 amide bonds. The highest BCUT2D eigenvalue weighted by molar-refractivity contribution is 4.83. The van der Waals surface area contributed by atoms with Crippen LogP contribution in [0.1, 0.15) is 52.9 Å². The van der Waals surface area contributed by atoms with Crippen LogP contribution in [0.3, 0.4) is 0 Å². The standard InChI is InChI=1S/C13H28N2/c1-4-14-12(3)8-6-7-11-15(5-2)13-9-10-13/h12-14H,4-11H2,1-3H3. The second-order valence-corrected chi connectivity index (χ2v) is 4.81. The van der Waals surface area contributed by atoms with E-state index in [1.54, 1.807) is 0 Å². The maximum Gasteiger partial charge on any atom is 0.00963 e. The predicted molar refractivity (Wildman–Crippen MR) is 67.3 cm³/mol. The number of unbranched alkanes of at least 4 members (excludes halogenated alkanes) is 1. The van der Waals surface area contributed by atoms with E-state index in [0.29, 0.717) is 6.04 Å². The average molecular weight is 212 g/mol. The topological polar surface area (TPSA) is 15.3 Å². The summed E-state index contributed by atoms with van der Waals surface area (Å²) in [4.78, 5) is 2.65. The fourth-order valence-corrected chi connectivity index (χ4v) is 2.25. The van der Waals surface area contributed by atoms with E-state index in [0.717, 1.165) is 12.6 Å². The van der Waals surface area contributed by atoms with Crippen LogP contribution in [0.15, 0.2) is 0 Å². The highest BCUT2D eigenvalue weighted by atomic mass is 15.2. The van der Waals surface area contributed by atoms with Gasteiger partial charge < -0.3 is 10.2 Å². The number of hydrogen-bond acceptors (Lipinski definition) is 2. The predicted octanol–water partition coefficient (Wildman–Crippen LogP) is 2.64. The van der Waals surface area contributed by atoms with Crippen molar-refractivity contribution >= 4 is 0 Å². The zero-order valence-corrected chi connectivity index (χ0v) is 10.8. The monoisotopic (exact) mass is 212 g/mol. The third-order valence-corrected chi connectivity index (χ3v) is 3.35. The molecule has 1 atom stereocenters. The van der Waals surface area contributed by atoms with E-state index < -0.39 is 0 Å². The molecular weight excluding hydrogens is 184 g/mol. The Morgan fingerprint density at radius 3 is 2.53 bits per heavy atom. The summed E-state index contributed by atoms with van der Waals surface area (Å²) in [6, 6.07) is 1.65. The maximum absolute atomic E-state index is 3.47. The molecule has 0 saturated heterocycles. The van der Waals surface area contributed by atoms with Crippen LogP contribution in [0.4, 0.5) is 0 Å². The lowest BCUT2D eigenvalue weighted by molar-refractivity contribution is 0.269. The Hall–Kier alpha value is -0.0800. The van der Waals surface area contributed by atoms with E-state index in [-0.39, 0.29) is 0 Å². The zero-order chi connectivity index (χ0) is 11.1. The Kier molecular flexibility index (Phi) is 6.26. The van der Waals surface area contributed by atoms with E-state index >= 15 is 0 Å². The zero-order valence-electron chi connectivity index (χ0n) is 10.8. The van der Waals surface area contributed by atoms with E-state index in [1.165, 1.54) is 45.2 Å². The summed E-state index contributed by atoms with van der Waals surface area (Å²) in [6.07, 6.45) is 6.97. The molecule has 1 aliphatic carbocycles. The average Bonchev–Trinajstić information content (AvgIpc) is 3.02. The van der Waals surface area contributed by atoms with E-state index in [2.05, 4.69) is 31.0 Å². The molecule has 0 aliphatic heterocycles. The first-order valence-corrected chi connectivity index (χ1v) is 6.75. The van der Waals surface area contributed by atoms with Crippen molar-refractivity contribution in [3.05, 3.63) is 0 Å². The first kappa shape index (κ1) is 13.0. The minimum absolute atomic E-state index is 0.700. The lowest BCUT2D eigenvalue weighted by atomic mass is 10.1. The van der Waals surface area contributed by atoms with Crippen LogP contribution in [0.5, 0.6) is 0 Å². The van der Waals surface area contributed by atoms with Crippen LogP contribution in [0.2, 0.25) is 0 Å². The summed E-state index contributed by atoms with van der Waals surface area (Å²) in [5.41, 5.74) is 0. The lowest BCUT2D eigenvalue weighted by Crippen LogP contribution is -2.28. The van der Waals surface area contributed by atoms with Crippen molar-refractivity contribution in [1.29, 1.82) is 0 Å². The molecule has 1 fully saturated rings. The van der Waals surface area contributed by atoms with Gasteiger partial charge >= 0.3 is 0 Å². The fraction of sp³-hybridized carbons (Fsp3) is 1.00. The van der Waals surface area contributed by atoms with Gasteiger partial charge in [0.25, 0.3) is 0 Å². The Bertz CT molecular complexity index is 155. The molecule has 90 valence electrons. The second kappa shape index (κ2) is 7.24. The van der Waals surface area contributed by atoms with Crippen LogP contribution in [0.25, 0.3) is 0 Å². The molecule has 0 aromatic heterocycles. The highest BCUT2D eigenvalue weighted by Gasteiger charge is 2.26. The lowest BCUT2D eigenvalue weighted by Gasteiger charge is -2.20. The summed E-state index contributed by atoms with van der Waals surface area (Å²) in [5.74, 6) is 0. The first-order valence-electron chi connectivity index (χ1n) is 6.75. The molecule has 2 heteroatoms. The molecule has 1 rings (SSSR count). The van der Waals surface area contributed by atoms with Gasteiger partial charge in [-0.3, -0.25) is 0 Å². The Labute approximate surface area is 95.4 Å². The van der Waals surface area contributed by atoms with Gasteiger partial charge in [-0.25, -0.2) is 0 Å². The molecule has 0 heterocycles. The largest absolute Gasteiger partial charge is 0.315 e. The molecule has 15 heavy (non-hydrogen) atoms. The summed E-state index contributed by atoms with van der Waals surface area (Å²) in [6.45, 7) is 10.4. The summed E-state index contributed by atoms with van der Waals surface area (Å²) in [7, 11) is 0. The molecule has 1 saturated carbocycles. The van der Waals surface area contributed by atoms with Crippen LogP contribution in [-0.2, 0) is 0 Å². The maximum atomic E-state index is 3.47. The molecule has 0 bridgehead atoms. The van der Waals surface area contributed by atoms with Crippen molar-refractivity contribution in [2.45, 2.75) is 65.0 Å². The quantitative estimate of drug-likeness (QED) is 0.591. The van der Waals surface area contributed by atoms with Gasteiger partial charge in [-0.05, 0) is 52.2 Å². The van der Waals surface area contributed by atoms with Gasteiger partial charge in [-0.2, -0.15) is 0 Å². The number of nitrogens with zero attached hydrogens (tertiary/aromatic N) is 1. The number of nitrogens with one attached hydrogen (secondary N) is 1. The third-order valence-electron chi connectivity index (χ3n) is 3.35. The van der Waals surface area contributed by atoms with Crippen molar-refractivity contribution < 1.29 is 0 Å². The van der Waals surface area contributed by atoms with Crippen molar-refractivity contribution in [2.75, 3.05) is 19.6 Å². The minimum atomic E-state index is 0.700. The van der Waals surface area contributed by atoms with E-state index in [4.69, 9.17) is 0 Å². The third kappa shape index (κ3) is 5.53. The molecule has 1 N–H and O–H groups in total. The van der Waals surface area contributed by atoms with Gasteiger partial charge in [0.1, 0.15) is 0 Å². The summed E-state index contributed by atoms with van der Waals surface area (Å²) in [5, 5.41) is 3.47. The van der Waals surface area contributed by atoms with Crippen LogP contribution in [-0.4, -0.2) is 36.6 Å². The number of rotatable bonds is 9. The molecule has 0 spiro atoms. The highest BCUT2D eigenvalue weighted by Crippen LogP contribution is 2.26. The van der Waals surface area contributed by atoms with Crippen molar-refractivity contribution in [3.8, 4) is 0 Å². The van der Waals surface area contributed by atoms with Gasteiger partial charge in [0, 0.05) is 12.1 Å². The van der Waals surface area contributed by atoms with Gasteiger partial charge in [0.05, 0.1) is 0 Å². The van der Waals surface area contributed by atoms with Crippen molar-refractivity contribution in [3.63, 3.8) is 0 Å². The summed E-state index contributed by atoms with van der Waals surface area (Å²) >= 11 is 0. The second-order valence-electron chi connectivity index (χ2n) is 4.81. The van der Waals surface area contributed by atoms with Crippen LogP contribution in [0, 0.1) is 0 Å². The minimum Gasteiger partial charge on any atom is -0.315 e. The van der Waals surface area contributed by atoms with E-state index in [1.807, 2.05) is 0 Å².